The molecule has 25 heavy (non-hydrogen) atoms. The van der Waals surface area contributed by atoms with Gasteiger partial charge < -0.3 is 9.47 Å². The second-order valence-electron chi connectivity index (χ2n) is 7.42. The number of hydrogen-bond donors (Lipinski definition) is 0. The minimum atomic E-state index is -3.83. The van der Waals surface area contributed by atoms with Gasteiger partial charge in [0.1, 0.15) is 17.5 Å². The number of hydrogen-bond acceptors (Lipinski definition) is 8. The predicted octanol–water partition coefficient (Wildman–Crippen LogP) is -0.0798. The number of carbonyl (C=O) groups excluding carboxylic acids is 2. The van der Waals surface area contributed by atoms with E-state index < -0.39 is 39.5 Å². The van der Waals surface area contributed by atoms with E-state index in [-0.39, 0.29) is 24.3 Å². The molecular weight excluding hydrogens is 350 g/mol. The van der Waals surface area contributed by atoms with Crippen LogP contribution in [0.4, 0.5) is 0 Å². The highest BCUT2D eigenvalue weighted by Gasteiger charge is 2.72. The van der Waals surface area contributed by atoms with Gasteiger partial charge in [-0.05, 0) is 32.4 Å². The normalized spacial score (nSPS) is 41.6. The van der Waals surface area contributed by atoms with Crippen molar-refractivity contribution >= 4 is 22.1 Å². The van der Waals surface area contributed by atoms with Crippen molar-refractivity contribution in [2.75, 3.05) is 26.7 Å². The molecule has 0 aromatic rings. The van der Waals surface area contributed by atoms with Crippen LogP contribution in [0.5, 0.6) is 0 Å². The minimum absolute atomic E-state index is 0.194. The zero-order chi connectivity index (χ0) is 17.8. The SMILES string of the molecule is COC(=O)C1C2CC3C(OS(=O)(=O)C31)C2OC(=O)CN1CCCCC1. The second kappa shape index (κ2) is 6.21. The Balaban J connectivity index is 1.49. The number of likely N-dealkylation sites (tertiary alicyclic amines) is 1. The van der Waals surface area contributed by atoms with Gasteiger partial charge >= 0.3 is 11.9 Å². The molecule has 2 saturated carbocycles. The molecule has 2 bridgehead atoms. The molecule has 8 nitrogen and oxygen atoms in total. The number of esters is 2. The van der Waals surface area contributed by atoms with Crippen molar-refractivity contribution in [3.8, 4) is 0 Å². The van der Waals surface area contributed by atoms with Crippen LogP contribution >= 0.6 is 0 Å². The summed E-state index contributed by atoms with van der Waals surface area (Å²) >= 11 is 0. The number of fused-ring (bicyclic) bond motifs is 1. The molecule has 6 unspecified atom stereocenters. The molecule has 2 heterocycles. The molecule has 4 aliphatic rings. The van der Waals surface area contributed by atoms with Gasteiger partial charge in [0.2, 0.25) is 0 Å². The molecule has 0 radical (unpaired) electrons. The minimum Gasteiger partial charge on any atom is -0.469 e. The molecular formula is C16H23NO7S. The van der Waals surface area contributed by atoms with Gasteiger partial charge in [0.25, 0.3) is 10.1 Å². The van der Waals surface area contributed by atoms with Gasteiger partial charge in [-0.1, -0.05) is 6.42 Å². The van der Waals surface area contributed by atoms with Crippen LogP contribution in [0.1, 0.15) is 25.7 Å². The first-order valence-corrected chi connectivity index (χ1v) is 10.3. The lowest BCUT2D eigenvalue weighted by Crippen LogP contribution is -2.47. The van der Waals surface area contributed by atoms with E-state index in [0.717, 1.165) is 25.9 Å². The summed E-state index contributed by atoms with van der Waals surface area (Å²) in [6, 6.07) is 0. The molecule has 0 amide bonds. The Morgan fingerprint density at radius 3 is 2.56 bits per heavy atom. The van der Waals surface area contributed by atoms with Crippen molar-refractivity contribution < 1.29 is 31.7 Å². The van der Waals surface area contributed by atoms with Crippen LogP contribution in [-0.2, 0) is 33.4 Å². The van der Waals surface area contributed by atoms with Crippen LogP contribution in [-0.4, -0.2) is 69.5 Å². The van der Waals surface area contributed by atoms with Crippen LogP contribution in [0.25, 0.3) is 0 Å². The van der Waals surface area contributed by atoms with Crippen molar-refractivity contribution in [2.45, 2.75) is 43.1 Å². The van der Waals surface area contributed by atoms with Gasteiger partial charge in [-0.15, -0.1) is 0 Å². The van der Waals surface area contributed by atoms with E-state index in [4.69, 9.17) is 13.7 Å². The van der Waals surface area contributed by atoms with Crippen molar-refractivity contribution in [3.05, 3.63) is 0 Å². The Labute approximate surface area is 146 Å². The number of nitrogens with zero attached hydrogens (tertiary/aromatic N) is 1. The van der Waals surface area contributed by atoms with Crippen LogP contribution in [0.3, 0.4) is 0 Å². The molecule has 2 aliphatic heterocycles. The van der Waals surface area contributed by atoms with Gasteiger partial charge in [-0.2, -0.15) is 8.42 Å². The van der Waals surface area contributed by atoms with E-state index in [9.17, 15) is 18.0 Å². The third kappa shape index (κ3) is 2.76. The fraction of sp³-hybridized carbons (Fsp3) is 0.875. The van der Waals surface area contributed by atoms with E-state index in [1.165, 1.54) is 13.5 Å². The Bertz CT molecular complexity index is 672. The van der Waals surface area contributed by atoms with Crippen LogP contribution in [0.2, 0.25) is 0 Å². The molecule has 0 N–H and O–H groups in total. The van der Waals surface area contributed by atoms with Crippen molar-refractivity contribution in [1.29, 1.82) is 0 Å². The van der Waals surface area contributed by atoms with Gasteiger partial charge in [0.15, 0.2) is 0 Å². The highest BCUT2D eigenvalue weighted by Crippen LogP contribution is 2.58. The topological polar surface area (TPSA) is 99.2 Å². The number of rotatable bonds is 4. The Hall–Kier alpha value is -1.19. The number of carbonyl (C=O) groups is 2. The monoisotopic (exact) mass is 373 g/mol. The summed E-state index contributed by atoms with van der Waals surface area (Å²) in [5.74, 6) is -2.41. The van der Waals surface area contributed by atoms with Crippen molar-refractivity contribution in [1.82, 2.24) is 4.90 Å². The first-order chi connectivity index (χ1) is 11.9. The first kappa shape index (κ1) is 17.2. The summed E-state index contributed by atoms with van der Waals surface area (Å²) in [6.07, 6.45) is 2.46. The molecule has 0 aromatic heterocycles. The average Bonchev–Trinajstić information content (AvgIpc) is 3.17. The fourth-order valence-corrected chi connectivity index (χ4v) is 7.14. The Morgan fingerprint density at radius 2 is 1.88 bits per heavy atom. The number of piperidine rings is 1. The zero-order valence-corrected chi connectivity index (χ0v) is 14.9. The quantitative estimate of drug-likeness (QED) is 0.498. The van der Waals surface area contributed by atoms with Crippen molar-refractivity contribution in [3.63, 3.8) is 0 Å². The summed E-state index contributed by atoms with van der Waals surface area (Å²) in [5, 5.41) is -0.869. The standard InChI is InChI=1S/C16H23NO7S/c1-22-16(19)12-9-7-10-14(24-25(20,21)15(10)12)13(9)23-11(18)8-17-5-3-2-4-6-17/h9-10,12-15H,2-8H2,1H3. The summed E-state index contributed by atoms with van der Waals surface area (Å²) in [7, 11) is -2.59. The van der Waals surface area contributed by atoms with Crippen molar-refractivity contribution in [2.24, 2.45) is 17.8 Å². The molecule has 0 aromatic carbocycles. The van der Waals surface area contributed by atoms with E-state index in [1.54, 1.807) is 0 Å². The predicted molar refractivity (Wildman–Crippen MR) is 84.9 cm³/mol. The molecule has 2 aliphatic carbocycles. The van der Waals surface area contributed by atoms with Gasteiger partial charge in [0.05, 0.1) is 19.6 Å². The summed E-state index contributed by atoms with van der Waals surface area (Å²) in [4.78, 5) is 26.5. The van der Waals surface area contributed by atoms with Crippen LogP contribution in [0, 0.1) is 17.8 Å². The summed E-state index contributed by atoms with van der Waals surface area (Å²) in [5.41, 5.74) is 0. The maximum Gasteiger partial charge on any atom is 0.320 e. The Kier molecular flexibility index (Phi) is 4.28. The molecule has 4 fully saturated rings. The first-order valence-electron chi connectivity index (χ1n) is 8.84. The molecule has 4 rings (SSSR count). The fourth-order valence-electron chi connectivity index (χ4n) is 5.08. The molecule has 0 spiro atoms. The number of methoxy groups -OCH3 is 1. The van der Waals surface area contributed by atoms with Gasteiger partial charge in [-0.25, -0.2) is 0 Å². The molecule has 6 atom stereocenters. The van der Waals surface area contributed by atoms with Crippen LogP contribution in [0.15, 0.2) is 0 Å². The maximum absolute atomic E-state index is 12.3. The third-order valence-electron chi connectivity index (χ3n) is 6.07. The highest BCUT2D eigenvalue weighted by atomic mass is 32.2. The van der Waals surface area contributed by atoms with E-state index in [0.29, 0.717) is 6.42 Å². The van der Waals surface area contributed by atoms with Gasteiger partial charge in [-0.3, -0.25) is 18.7 Å². The lowest BCUT2D eigenvalue weighted by Gasteiger charge is -2.31. The van der Waals surface area contributed by atoms with Gasteiger partial charge in [0, 0.05) is 11.8 Å². The molecule has 140 valence electrons. The maximum atomic E-state index is 12.3. The Morgan fingerprint density at radius 1 is 1.16 bits per heavy atom. The lowest BCUT2D eigenvalue weighted by molar-refractivity contribution is -0.163. The molecule has 2 saturated heterocycles. The second-order valence-corrected chi connectivity index (χ2v) is 9.14. The van der Waals surface area contributed by atoms with Crippen LogP contribution < -0.4 is 0 Å². The highest BCUT2D eigenvalue weighted by molar-refractivity contribution is 7.87. The smallest absolute Gasteiger partial charge is 0.320 e. The largest absolute Gasteiger partial charge is 0.469 e. The van der Waals surface area contributed by atoms with E-state index in [2.05, 4.69) is 0 Å². The lowest BCUT2D eigenvalue weighted by atomic mass is 9.84. The third-order valence-corrected chi connectivity index (χ3v) is 7.87. The molecule has 9 heteroatoms. The summed E-state index contributed by atoms with van der Waals surface area (Å²) < 4.78 is 40.2. The average molecular weight is 373 g/mol. The zero-order valence-electron chi connectivity index (χ0n) is 14.1. The number of ether oxygens (including phenoxy) is 2. The summed E-state index contributed by atoms with van der Waals surface area (Å²) in [6.45, 7) is 1.93. The van der Waals surface area contributed by atoms with E-state index >= 15 is 0 Å². The van der Waals surface area contributed by atoms with E-state index in [1.807, 2.05) is 4.90 Å².